The standard InChI is InChI=1S/C19H26N2/c1-16(2)11-15-21-14-7-13-20-12-6-10-18(20)19(21)17-8-4-3-5-9-17/h3-6,8-10,12,16,19H,7,11,13-15H2,1-2H3/t19-/m1/s1. The molecule has 2 heteroatoms. The molecule has 0 N–H and O–H groups in total. The highest BCUT2D eigenvalue weighted by Crippen LogP contribution is 2.32. The summed E-state index contributed by atoms with van der Waals surface area (Å²) in [6.07, 6.45) is 4.74. The third kappa shape index (κ3) is 3.21. The molecule has 0 saturated heterocycles. The van der Waals surface area contributed by atoms with Crippen molar-refractivity contribution < 1.29 is 0 Å². The molecule has 21 heavy (non-hydrogen) atoms. The van der Waals surface area contributed by atoms with Gasteiger partial charge in [-0.2, -0.15) is 0 Å². The van der Waals surface area contributed by atoms with E-state index in [0.29, 0.717) is 6.04 Å². The van der Waals surface area contributed by atoms with Crippen LogP contribution in [0.3, 0.4) is 0 Å². The van der Waals surface area contributed by atoms with Gasteiger partial charge in [0.1, 0.15) is 0 Å². The third-order valence-electron chi connectivity index (χ3n) is 4.46. The van der Waals surface area contributed by atoms with Crippen LogP contribution in [0.4, 0.5) is 0 Å². The summed E-state index contributed by atoms with van der Waals surface area (Å²) in [4.78, 5) is 2.67. The summed E-state index contributed by atoms with van der Waals surface area (Å²) >= 11 is 0. The zero-order chi connectivity index (χ0) is 14.7. The molecule has 0 spiro atoms. The molecule has 2 aromatic rings. The van der Waals surface area contributed by atoms with Gasteiger partial charge in [-0.15, -0.1) is 0 Å². The lowest BCUT2D eigenvalue weighted by atomic mass is 10.0. The Hall–Kier alpha value is -1.54. The molecule has 0 radical (unpaired) electrons. The summed E-state index contributed by atoms with van der Waals surface area (Å²) in [6, 6.07) is 15.9. The second kappa shape index (κ2) is 6.48. The van der Waals surface area contributed by atoms with E-state index in [1.807, 2.05) is 0 Å². The van der Waals surface area contributed by atoms with Crippen LogP contribution in [-0.4, -0.2) is 22.6 Å². The molecule has 112 valence electrons. The van der Waals surface area contributed by atoms with E-state index in [2.05, 4.69) is 72.0 Å². The van der Waals surface area contributed by atoms with Gasteiger partial charge in [0.05, 0.1) is 6.04 Å². The molecule has 1 atom stereocenters. The molecule has 1 aliphatic rings. The number of nitrogens with zero attached hydrogens (tertiary/aromatic N) is 2. The lowest BCUT2D eigenvalue weighted by Crippen LogP contribution is -2.31. The lowest BCUT2D eigenvalue weighted by Gasteiger charge is -2.31. The topological polar surface area (TPSA) is 8.17 Å². The van der Waals surface area contributed by atoms with Crippen molar-refractivity contribution in [2.75, 3.05) is 13.1 Å². The fraction of sp³-hybridized carbons (Fsp3) is 0.474. The van der Waals surface area contributed by atoms with E-state index in [1.54, 1.807) is 0 Å². The van der Waals surface area contributed by atoms with Crippen molar-refractivity contribution in [3.63, 3.8) is 0 Å². The van der Waals surface area contributed by atoms with Crippen LogP contribution in [0.1, 0.15) is 44.0 Å². The molecule has 2 nitrogen and oxygen atoms in total. The molecule has 0 amide bonds. The van der Waals surface area contributed by atoms with E-state index >= 15 is 0 Å². The van der Waals surface area contributed by atoms with Crippen molar-refractivity contribution in [2.45, 2.75) is 39.3 Å². The average molecular weight is 282 g/mol. The molecular weight excluding hydrogens is 256 g/mol. The molecule has 0 fully saturated rings. The second-order valence-corrected chi connectivity index (χ2v) is 6.51. The number of aryl methyl sites for hydroxylation is 1. The smallest absolute Gasteiger partial charge is 0.0756 e. The highest BCUT2D eigenvalue weighted by Gasteiger charge is 2.26. The van der Waals surface area contributed by atoms with Gasteiger partial charge >= 0.3 is 0 Å². The first-order valence-corrected chi connectivity index (χ1v) is 8.20. The predicted molar refractivity (Wildman–Crippen MR) is 88.4 cm³/mol. The molecule has 1 aromatic carbocycles. The van der Waals surface area contributed by atoms with Gasteiger partial charge in [0.2, 0.25) is 0 Å². The van der Waals surface area contributed by atoms with Crippen molar-refractivity contribution in [3.8, 4) is 0 Å². The maximum absolute atomic E-state index is 2.67. The van der Waals surface area contributed by atoms with Gasteiger partial charge in [0.25, 0.3) is 0 Å². The largest absolute Gasteiger partial charge is 0.350 e. The molecule has 1 aliphatic heterocycles. The molecule has 3 rings (SSSR count). The Labute approximate surface area is 128 Å². The highest BCUT2D eigenvalue weighted by molar-refractivity contribution is 5.29. The Balaban J connectivity index is 1.94. The van der Waals surface area contributed by atoms with Crippen LogP contribution in [-0.2, 0) is 6.54 Å². The van der Waals surface area contributed by atoms with Crippen LogP contribution in [0, 0.1) is 5.92 Å². The van der Waals surface area contributed by atoms with E-state index in [-0.39, 0.29) is 0 Å². The molecule has 2 heterocycles. The normalized spacial score (nSPS) is 19.5. The van der Waals surface area contributed by atoms with E-state index in [1.165, 1.54) is 37.2 Å². The van der Waals surface area contributed by atoms with E-state index < -0.39 is 0 Å². The number of hydrogen-bond acceptors (Lipinski definition) is 1. The minimum Gasteiger partial charge on any atom is -0.350 e. The van der Waals surface area contributed by atoms with Crippen LogP contribution in [0.2, 0.25) is 0 Å². The minimum absolute atomic E-state index is 0.405. The van der Waals surface area contributed by atoms with Crippen molar-refractivity contribution in [3.05, 3.63) is 59.9 Å². The van der Waals surface area contributed by atoms with E-state index in [4.69, 9.17) is 0 Å². The quantitative estimate of drug-likeness (QED) is 0.810. The Morgan fingerprint density at radius 3 is 2.62 bits per heavy atom. The lowest BCUT2D eigenvalue weighted by molar-refractivity contribution is 0.216. The Morgan fingerprint density at radius 2 is 1.86 bits per heavy atom. The fourth-order valence-corrected chi connectivity index (χ4v) is 3.32. The second-order valence-electron chi connectivity index (χ2n) is 6.51. The molecule has 0 saturated carbocycles. The molecule has 1 aromatic heterocycles. The maximum atomic E-state index is 2.67. The number of fused-ring (bicyclic) bond motifs is 1. The minimum atomic E-state index is 0.405. The highest BCUT2D eigenvalue weighted by atomic mass is 15.2. The monoisotopic (exact) mass is 282 g/mol. The van der Waals surface area contributed by atoms with Gasteiger partial charge < -0.3 is 4.57 Å². The summed E-state index contributed by atoms with van der Waals surface area (Å²) in [7, 11) is 0. The van der Waals surface area contributed by atoms with Gasteiger partial charge in [-0.25, -0.2) is 0 Å². The summed E-state index contributed by atoms with van der Waals surface area (Å²) in [5, 5.41) is 0. The molecular formula is C19H26N2. The first-order valence-electron chi connectivity index (χ1n) is 8.20. The van der Waals surface area contributed by atoms with Crippen LogP contribution in [0.15, 0.2) is 48.7 Å². The van der Waals surface area contributed by atoms with Gasteiger partial charge in [0, 0.05) is 25.0 Å². The summed E-state index contributed by atoms with van der Waals surface area (Å²) in [5.41, 5.74) is 2.87. The van der Waals surface area contributed by atoms with Crippen molar-refractivity contribution >= 4 is 0 Å². The maximum Gasteiger partial charge on any atom is 0.0756 e. The summed E-state index contributed by atoms with van der Waals surface area (Å²) in [6.45, 7) is 8.15. The zero-order valence-electron chi connectivity index (χ0n) is 13.2. The molecule has 0 aliphatic carbocycles. The Kier molecular flexibility index (Phi) is 4.45. The van der Waals surface area contributed by atoms with Gasteiger partial charge in [-0.3, -0.25) is 4.90 Å². The Bertz CT molecular complexity index is 556. The van der Waals surface area contributed by atoms with Gasteiger partial charge in [0.15, 0.2) is 0 Å². The van der Waals surface area contributed by atoms with Crippen LogP contribution in [0.5, 0.6) is 0 Å². The molecule has 0 unspecified atom stereocenters. The number of benzene rings is 1. The average Bonchev–Trinajstić information content (AvgIpc) is 2.87. The van der Waals surface area contributed by atoms with Crippen molar-refractivity contribution in [2.24, 2.45) is 5.92 Å². The van der Waals surface area contributed by atoms with Crippen LogP contribution < -0.4 is 0 Å². The van der Waals surface area contributed by atoms with E-state index in [0.717, 1.165) is 12.5 Å². The summed E-state index contributed by atoms with van der Waals surface area (Å²) < 4.78 is 2.44. The van der Waals surface area contributed by atoms with Crippen molar-refractivity contribution in [1.29, 1.82) is 0 Å². The number of rotatable bonds is 4. The molecule has 0 bridgehead atoms. The van der Waals surface area contributed by atoms with Gasteiger partial charge in [-0.1, -0.05) is 44.2 Å². The Morgan fingerprint density at radius 1 is 1.05 bits per heavy atom. The number of aromatic nitrogens is 1. The van der Waals surface area contributed by atoms with Crippen LogP contribution in [0.25, 0.3) is 0 Å². The third-order valence-corrected chi connectivity index (χ3v) is 4.46. The first-order chi connectivity index (χ1) is 10.3. The van der Waals surface area contributed by atoms with Crippen LogP contribution >= 0.6 is 0 Å². The zero-order valence-corrected chi connectivity index (χ0v) is 13.2. The fourth-order valence-electron chi connectivity index (χ4n) is 3.32. The van der Waals surface area contributed by atoms with Gasteiger partial charge in [-0.05, 0) is 43.0 Å². The predicted octanol–water partition coefficient (Wildman–Crippen LogP) is 4.33. The summed E-state index contributed by atoms with van der Waals surface area (Å²) in [5.74, 6) is 0.761. The SMILES string of the molecule is CC(C)CCN1CCCn2cccc2[C@H]1c1ccccc1. The number of hydrogen-bond donors (Lipinski definition) is 0. The van der Waals surface area contributed by atoms with E-state index in [9.17, 15) is 0 Å². The van der Waals surface area contributed by atoms with Crippen molar-refractivity contribution in [1.82, 2.24) is 9.47 Å². The first kappa shape index (κ1) is 14.4.